The summed E-state index contributed by atoms with van der Waals surface area (Å²) in [4.78, 5) is 0. The lowest BCUT2D eigenvalue weighted by Gasteiger charge is -1.94. The number of rotatable bonds is 3. The molecule has 0 aliphatic rings. The maximum absolute atomic E-state index is 9.75. The van der Waals surface area contributed by atoms with E-state index in [9.17, 15) is 17.3 Å². The number of halogens is 4. The minimum atomic E-state index is -6.00. The summed E-state index contributed by atoms with van der Waals surface area (Å²) in [6.45, 7) is 5.78. The summed E-state index contributed by atoms with van der Waals surface area (Å²) >= 11 is 0. The fourth-order valence-corrected chi connectivity index (χ4v) is 0.348. The van der Waals surface area contributed by atoms with E-state index in [1.165, 1.54) is 19.3 Å². The lowest BCUT2D eigenvalue weighted by molar-refractivity contribution is 0.368. The van der Waals surface area contributed by atoms with Crippen molar-refractivity contribution in [3.05, 3.63) is 12.7 Å². The molecule has 0 aliphatic heterocycles. The van der Waals surface area contributed by atoms with Crippen LogP contribution in [0.25, 0.3) is 0 Å². The standard InChI is InChI=1S/C6H12.BF4/c1-3-5-6-4-2;2-1(3,4)5/h3H,1,4-6H2,2H3;/q;-1. The zero-order valence-corrected chi connectivity index (χ0v) is 6.49. The molecule has 0 amide bonds. The van der Waals surface area contributed by atoms with Gasteiger partial charge in [-0.3, -0.25) is 0 Å². The number of unbranched alkanes of at least 4 members (excludes halogenated alkanes) is 2. The SMILES string of the molecule is C=CCCCC.F[B-](F)(F)F. The second-order valence-corrected chi connectivity index (χ2v) is 1.93. The third kappa shape index (κ3) is 84.6. The summed E-state index contributed by atoms with van der Waals surface area (Å²) in [6, 6.07) is 0. The van der Waals surface area contributed by atoms with Crippen molar-refractivity contribution in [1.82, 2.24) is 0 Å². The van der Waals surface area contributed by atoms with Gasteiger partial charge in [-0.2, -0.15) is 0 Å². The largest absolute Gasteiger partial charge is 0.673 e. The zero-order valence-electron chi connectivity index (χ0n) is 6.49. The number of allylic oxidation sites excluding steroid dienone is 1. The Morgan fingerprint density at radius 3 is 1.73 bits per heavy atom. The molecule has 0 unspecified atom stereocenters. The molecule has 11 heavy (non-hydrogen) atoms. The Hall–Kier alpha value is -0.475. The molecular weight excluding hydrogens is 159 g/mol. The van der Waals surface area contributed by atoms with Crippen LogP contribution in [0.4, 0.5) is 17.3 Å². The van der Waals surface area contributed by atoms with Gasteiger partial charge in [-0.25, -0.2) is 0 Å². The van der Waals surface area contributed by atoms with Crippen LogP contribution in [0, 0.1) is 0 Å². The third-order valence-corrected chi connectivity index (χ3v) is 0.762. The monoisotopic (exact) mass is 171 g/mol. The zero-order chi connectivity index (χ0) is 9.33. The lowest BCUT2D eigenvalue weighted by Crippen LogP contribution is -2.02. The molecule has 0 aliphatic carbocycles. The molecule has 0 nitrogen and oxygen atoms in total. The van der Waals surface area contributed by atoms with Crippen molar-refractivity contribution < 1.29 is 17.3 Å². The van der Waals surface area contributed by atoms with Gasteiger partial charge >= 0.3 is 7.25 Å². The van der Waals surface area contributed by atoms with Crippen LogP contribution in [-0.4, -0.2) is 7.25 Å². The predicted molar refractivity (Wildman–Crippen MR) is 39.9 cm³/mol. The highest BCUT2D eigenvalue weighted by Gasteiger charge is 2.20. The van der Waals surface area contributed by atoms with Crippen molar-refractivity contribution in [3.8, 4) is 0 Å². The van der Waals surface area contributed by atoms with E-state index in [0.717, 1.165) is 0 Å². The van der Waals surface area contributed by atoms with Gasteiger partial charge in [-0.1, -0.05) is 25.8 Å². The van der Waals surface area contributed by atoms with Gasteiger partial charge in [0.05, 0.1) is 0 Å². The molecule has 0 aromatic carbocycles. The topological polar surface area (TPSA) is 0 Å². The Morgan fingerprint density at radius 1 is 1.27 bits per heavy atom. The molecule has 0 atom stereocenters. The van der Waals surface area contributed by atoms with E-state index in [4.69, 9.17) is 0 Å². The first-order chi connectivity index (χ1) is 4.91. The van der Waals surface area contributed by atoms with E-state index in [-0.39, 0.29) is 0 Å². The van der Waals surface area contributed by atoms with Crippen LogP contribution in [-0.2, 0) is 0 Å². The van der Waals surface area contributed by atoms with Crippen molar-refractivity contribution in [2.24, 2.45) is 0 Å². The third-order valence-electron chi connectivity index (χ3n) is 0.762. The van der Waals surface area contributed by atoms with Crippen molar-refractivity contribution in [2.75, 3.05) is 0 Å². The lowest BCUT2D eigenvalue weighted by atomic mass is 10.3. The fraction of sp³-hybridized carbons (Fsp3) is 0.667. The minimum Gasteiger partial charge on any atom is -0.418 e. The molecule has 0 N–H and O–H groups in total. The molecule has 0 radical (unpaired) electrons. The molecule has 0 aromatic rings. The first-order valence-corrected chi connectivity index (χ1v) is 3.40. The van der Waals surface area contributed by atoms with E-state index in [1.807, 2.05) is 6.08 Å². The van der Waals surface area contributed by atoms with Crippen LogP contribution in [0.15, 0.2) is 12.7 Å². The normalized spacial score (nSPS) is 9.91. The summed E-state index contributed by atoms with van der Waals surface area (Å²) in [5, 5.41) is 0. The molecule has 0 fully saturated rings. The van der Waals surface area contributed by atoms with E-state index in [1.54, 1.807) is 0 Å². The van der Waals surface area contributed by atoms with Crippen LogP contribution in [0.5, 0.6) is 0 Å². The molecular formula is C6H12BF4-. The highest BCUT2D eigenvalue weighted by molar-refractivity contribution is 6.50. The first-order valence-electron chi connectivity index (χ1n) is 3.40. The molecule has 0 bridgehead atoms. The first kappa shape index (κ1) is 13.1. The molecule has 0 heterocycles. The summed E-state index contributed by atoms with van der Waals surface area (Å²) < 4.78 is 39.0. The maximum Gasteiger partial charge on any atom is 0.673 e. The van der Waals surface area contributed by atoms with Crippen molar-refractivity contribution in [1.29, 1.82) is 0 Å². The van der Waals surface area contributed by atoms with Crippen LogP contribution in [0.1, 0.15) is 26.2 Å². The molecule has 0 aromatic heterocycles. The predicted octanol–water partition coefficient (Wildman–Crippen LogP) is 3.66. The van der Waals surface area contributed by atoms with Crippen molar-refractivity contribution in [2.45, 2.75) is 26.2 Å². The second-order valence-electron chi connectivity index (χ2n) is 1.93. The number of hydrogen-bond donors (Lipinski definition) is 0. The van der Waals surface area contributed by atoms with Gasteiger partial charge in [0.2, 0.25) is 0 Å². The Balaban J connectivity index is 0. The van der Waals surface area contributed by atoms with Gasteiger partial charge in [0.15, 0.2) is 0 Å². The van der Waals surface area contributed by atoms with E-state index < -0.39 is 7.25 Å². The van der Waals surface area contributed by atoms with Crippen LogP contribution >= 0.6 is 0 Å². The van der Waals surface area contributed by atoms with Crippen molar-refractivity contribution in [3.63, 3.8) is 0 Å². The molecule has 0 spiro atoms. The second kappa shape index (κ2) is 7.63. The molecule has 68 valence electrons. The van der Waals surface area contributed by atoms with Crippen LogP contribution in [0.3, 0.4) is 0 Å². The van der Waals surface area contributed by atoms with Gasteiger partial charge in [0, 0.05) is 0 Å². The Bertz CT molecular complexity index is 83.1. The molecule has 0 saturated heterocycles. The molecule has 5 heteroatoms. The summed E-state index contributed by atoms with van der Waals surface area (Å²) in [7, 11) is -6.00. The van der Waals surface area contributed by atoms with Gasteiger partial charge < -0.3 is 17.3 Å². The summed E-state index contributed by atoms with van der Waals surface area (Å²) in [5.74, 6) is 0. The van der Waals surface area contributed by atoms with Crippen LogP contribution < -0.4 is 0 Å². The molecule has 0 saturated carbocycles. The average Bonchev–Trinajstić information content (AvgIpc) is 1.79. The van der Waals surface area contributed by atoms with Crippen molar-refractivity contribution >= 4 is 7.25 Å². The quantitative estimate of drug-likeness (QED) is 0.263. The van der Waals surface area contributed by atoms with Gasteiger partial charge in [0.25, 0.3) is 0 Å². The number of hydrogen-bond acceptors (Lipinski definition) is 0. The Labute approximate surface area is 64.4 Å². The minimum absolute atomic E-state index is 1.18. The van der Waals surface area contributed by atoms with E-state index in [0.29, 0.717) is 0 Å². The summed E-state index contributed by atoms with van der Waals surface area (Å²) in [6.07, 6.45) is 5.72. The maximum atomic E-state index is 9.75. The van der Waals surface area contributed by atoms with Gasteiger partial charge in [-0.15, -0.1) is 6.58 Å². The highest BCUT2D eigenvalue weighted by Crippen LogP contribution is 2.06. The van der Waals surface area contributed by atoms with Crippen LogP contribution in [0.2, 0.25) is 0 Å². The average molecular weight is 171 g/mol. The Kier molecular flexibility index (Phi) is 9.11. The molecule has 0 rings (SSSR count). The fourth-order valence-electron chi connectivity index (χ4n) is 0.348. The highest BCUT2D eigenvalue weighted by atomic mass is 19.5. The van der Waals surface area contributed by atoms with Gasteiger partial charge in [0.1, 0.15) is 0 Å². The van der Waals surface area contributed by atoms with Gasteiger partial charge in [-0.05, 0) is 6.42 Å². The van der Waals surface area contributed by atoms with E-state index in [2.05, 4.69) is 13.5 Å². The smallest absolute Gasteiger partial charge is 0.418 e. The summed E-state index contributed by atoms with van der Waals surface area (Å²) in [5.41, 5.74) is 0. The Morgan fingerprint density at radius 2 is 1.64 bits per heavy atom. The van der Waals surface area contributed by atoms with E-state index >= 15 is 0 Å².